The van der Waals surface area contributed by atoms with E-state index in [0.29, 0.717) is 13.0 Å². The van der Waals surface area contributed by atoms with E-state index in [0.717, 1.165) is 34.9 Å². The highest BCUT2D eigenvalue weighted by molar-refractivity contribution is 5.86. The highest BCUT2D eigenvalue weighted by atomic mass is 19.1. The topological polar surface area (TPSA) is 161 Å². The molecule has 0 spiro atoms. The van der Waals surface area contributed by atoms with Crippen molar-refractivity contribution >= 4 is 18.1 Å². The molecule has 52 heavy (non-hydrogen) atoms. The van der Waals surface area contributed by atoms with Gasteiger partial charge >= 0.3 is 12.2 Å². The SMILES string of the molecule is COC(=O)NC(C(=O)NC(Cc1ccc(-c2cccnc2)cc1)C(O)CN(Cc1cc(F)ccc1F)NC(=O)OC1COC2OCCC12)C(C)(C)C. The van der Waals surface area contributed by atoms with Gasteiger partial charge in [0.25, 0.3) is 0 Å². The fourth-order valence-corrected chi connectivity index (χ4v) is 6.24. The van der Waals surface area contributed by atoms with Crippen LogP contribution in [-0.2, 0) is 36.7 Å². The first-order valence-electron chi connectivity index (χ1n) is 17.0. The summed E-state index contributed by atoms with van der Waals surface area (Å²) in [4.78, 5) is 43.3. The van der Waals surface area contributed by atoms with Gasteiger partial charge in [0.1, 0.15) is 23.8 Å². The first-order valence-corrected chi connectivity index (χ1v) is 17.0. The summed E-state index contributed by atoms with van der Waals surface area (Å²) < 4.78 is 50.5. The lowest BCUT2D eigenvalue weighted by atomic mass is 9.85. The predicted octanol–water partition coefficient (Wildman–Crippen LogP) is 4.09. The van der Waals surface area contributed by atoms with Crippen molar-refractivity contribution in [3.05, 3.63) is 89.8 Å². The smallest absolute Gasteiger partial charge is 0.422 e. The van der Waals surface area contributed by atoms with Crippen LogP contribution in [0.15, 0.2) is 67.0 Å². The number of carbonyl (C=O) groups is 3. The van der Waals surface area contributed by atoms with Crippen LogP contribution in [0.4, 0.5) is 18.4 Å². The Morgan fingerprint density at radius 3 is 2.50 bits per heavy atom. The summed E-state index contributed by atoms with van der Waals surface area (Å²) in [5, 5.41) is 18.4. The summed E-state index contributed by atoms with van der Waals surface area (Å²) in [6, 6.07) is 12.1. The molecule has 0 saturated carbocycles. The zero-order valence-electron chi connectivity index (χ0n) is 29.5. The van der Waals surface area contributed by atoms with Crippen LogP contribution in [0.2, 0.25) is 0 Å². The Balaban J connectivity index is 1.39. The molecule has 3 amide bonds. The second kappa shape index (κ2) is 17.2. The maximum absolute atomic E-state index is 14.9. The van der Waals surface area contributed by atoms with Crippen LogP contribution in [0.25, 0.3) is 11.1 Å². The number of methoxy groups -OCH3 is 1. The third kappa shape index (κ3) is 10.2. The van der Waals surface area contributed by atoms with Gasteiger partial charge in [0.2, 0.25) is 5.91 Å². The number of carbonyl (C=O) groups excluding carboxylic acids is 3. The van der Waals surface area contributed by atoms with E-state index in [1.54, 1.807) is 33.2 Å². The molecule has 0 bridgehead atoms. The van der Waals surface area contributed by atoms with Gasteiger partial charge in [-0.25, -0.2) is 23.4 Å². The first-order chi connectivity index (χ1) is 24.8. The number of fused-ring (bicyclic) bond motifs is 1. The van der Waals surface area contributed by atoms with Gasteiger partial charge in [-0.2, -0.15) is 0 Å². The Morgan fingerprint density at radius 1 is 1.04 bits per heavy atom. The number of alkyl carbamates (subject to hydrolysis) is 1. The van der Waals surface area contributed by atoms with Crippen LogP contribution in [0, 0.1) is 23.0 Å². The van der Waals surface area contributed by atoms with Gasteiger partial charge in [-0.3, -0.25) is 15.2 Å². The summed E-state index contributed by atoms with van der Waals surface area (Å²) in [6.07, 6.45) is -0.00504. The lowest BCUT2D eigenvalue weighted by Crippen LogP contribution is -2.59. The predicted molar refractivity (Wildman–Crippen MR) is 184 cm³/mol. The Bertz CT molecular complexity index is 1680. The molecular formula is C37H45F2N5O8. The monoisotopic (exact) mass is 725 g/mol. The van der Waals surface area contributed by atoms with Crippen LogP contribution in [-0.4, -0.2) is 90.6 Å². The largest absolute Gasteiger partial charge is 0.453 e. The van der Waals surface area contributed by atoms with Crippen molar-refractivity contribution < 1.29 is 47.2 Å². The van der Waals surface area contributed by atoms with E-state index < -0.39 is 65.7 Å². The average molecular weight is 726 g/mol. The van der Waals surface area contributed by atoms with E-state index in [-0.39, 0.29) is 37.6 Å². The van der Waals surface area contributed by atoms with Crippen molar-refractivity contribution in [1.29, 1.82) is 0 Å². The van der Waals surface area contributed by atoms with Gasteiger partial charge in [0.05, 0.1) is 38.4 Å². The van der Waals surface area contributed by atoms with E-state index in [4.69, 9.17) is 18.9 Å². The number of aliphatic hydroxyl groups is 1. The van der Waals surface area contributed by atoms with E-state index in [2.05, 4.69) is 21.0 Å². The number of hydrogen-bond donors (Lipinski definition) is 4. The van der Waals surface area contributed by atoms with Gasteiger partial charge in [-0.05, 0) is 59.2 Å². The van der Waals surface area contributed by atoms with Crippen molar-refractivity contribution in [1.82, 2.24) is 26.1 Å². The number of amides is 3. The quantitative estimate of drug-likeness (QED) is 0.189. The van der Waals surface area contributed by atoms with Gasteiger partial charge in [-0.1, -0.05) is 51.1 Å². The lowest BCUT2D eigenvalue weighted by Gasteiger charge is -2.34. The third-order valence-corrected chi connectivity index (χ3v) is 9.04. The Kier molecular flexibility index (Phi) is 12.8. The molecule has 5 rings (SSSR count). The molecule has 1 aromatic heterocycles. The standard InChI is InChI=1S/C37H45F2N5O8/c1-37(2,3)32(42-35(47)49-4)33(46)41-29(16-22-7-9-23(10-8-22)24-6-5-14-40-18-24)30(45)20-44(19-25-17-26(38)11-12-28(25)39)43-36(48)52-31-21-51-34-27(31)13-15-50-34/h5-12,14,17-18,27,29-32,34,45H,13,15-16,19-21H2,1-4H3,(H,41,46)(H,42,47)(H,43,48). The molecule has 2 aliphatic heterocycles. The summed E-state index contributed by atoms with van der Waals surface area (Å²) in [5.41, 5.74) is 4.25. The van der Waals surface area contributed by atoms with Crippen LogP contribution in [0.5, 0.6) is 0 Å². The molecule has 2 saturated heterocycles. The zero-order chi connectivity index (χ0) is 37.4. The molecule has 2 fully saturated rings. The van der Waals surface area contributed by atoms with Crippen molar-refractivity contribution in [3.8, 4) is 11.1 Å². The number of benzene rings is 2. The van der Waals surface area contributed by atoms with E-state index in [1.165, 1.54) is 12.1 Å². The number of pyridine rings is 1. The minimum atomic E-state index is -1.40. The van der Waals surface area contributed by atoms with Crippen molar-refractivity contribution in [2.45, 2.75) is 70.7 Å². The van der Waals surface area contributed by atoms with Gasteiger partial charge in [0.15, 0.2) is 6.29 Å². The highest BCUT2D eigenvalue weighted by Crippen LogP contribution is 2.33. The second-order valence-electron chi connectivity index (χ2n) is 14.0. The summed E-state index contributed by atoms with van der Waals surface area (Å²) >= 11 is 0. The summed E-state index contributed by atoms with van der Waals surface area (Å²) in [6.45, 7) is 5.16. The fraction of sp³-hybridized carbons (Fsp3) is 0.459. The number of hydrazine groups is 1. The molecule has 3 aromatic rings. The molecule has 6 unspecified atom stereocenters. The molecule has 13 nitrogen and oxygen atoms in total. The molecule has 0 radical (unpaired) electrons. The van der Waals surface area contributed by atoms with Gasteiger partial charge < -0.3 is 34.7 Å². The number of nitrogens with one attached hydrogen (secondary N) is 3. The Morgan fingerprint density at radius 2 is 1.81 bits per heavy atom. The molecule has 2 aromatic carbocycles. The number of aromatic nitrogens is 1. The molecule has 2 aliphatic rings. The maximum Gasteiger partial charge on any atom is 0.422 e. The molecule has 280 valence electrons. The second-order valence-corrected chi connectivity index (χ2v) is 14.0. The molecule has 4 N–H and O–H groups in total. The minimum Gasteiger partial charge on any atom is -0.453 e. The average Bonchev–Trinajstić information content (AvgIpc) is 3.73. The number of hydrogen-bond acceptors (Lipinski definition) is 10. The molecule has 15 heteroatoms. The maximum atomic E-state index is 14.9. The molecular weight excluding hydrogens is 680 g/mol. The summed E-state index contributed by atoms with van der Waals surface area (Å²) in [5.74, 6) is -2.17. The fourth-order valence-electron chi connectivity index (χ4n) is 6.24. The third-order valence-electron chi connectivity index (χ3n) is 9.04. The van der Waals surface area contributed by atoms with Crippen LogP contribution in [0.1, 0.15) is 38.3 Å². The number of halogens is 2. The van der Waals surface area contributed by atoms with Crippen LogP contribution >= 0.6 is 0 Å². The van der Waals surface area contributed by atoms with E-state index >= 15 is 0 Å². The Hall–Kier alpha value is -4.70. The van der Waals surface area contributed by atoms with Crippen molar-refractivity contribution in [2.75, 3.05) is 26.9 Å². The van der Waals surface area contributed by atoms with Crippen LogP contribution < -0.4 is 16.1 Å². The molecule has 3 heterocycles. The number of nitrogens with zero attached hydrogens (tertiary/aromatic N) is 2. The molecule has 6 atom stereocenters. The van der Waals surface area contributed by atoms with Crippen molar-refractivity contribution in [3.63, 3.8) is 0 Å². The zero-order valence-corrected chi connectivity index (χ0v) is 29.5. The van der Waals surface area contributed by atoms with E-state index in [1.807, 2.05) is 36.4 Å². The number of aliphatic hydroxyl groups excluding tert-OH is 1. The first kappa shape index (κ1) is 38.5. The van der Waals surface area contributed by atoms with Gasteiger partial charge in [0, 0.05) is 31.0 Å². The van der Waals surface area contributed by atoms with Crippen molar-refractivity contribution in [2.24, 2.45) is 11.3 Å². The molecule has 0 aliphatic carbocycles. The van der Waals surface area contributed by atoms with Crippen LogP contribution in [0.3, 0.4) is 0 Å². The van der Waals surface area contributed by atoms with E-state index in [9.17, 15) is 28.3 Å². The van der Waals surface area contributed by atoms with Gasteiger partial charge in [-0.15, -0.1) is 0 Å². The minimum absolute atomic E-state index is 0.0948. The number of rotatable bonds is 13. The Labute approximate surface area is 300 Å². The summed E-state index contributed by atoms with van der Waals surface area (Å²) in [7, 11) is 1.18. The lowest BCUT2D eigenvalue weighted by molar-refractivity contribution is -0.127. The normalized spacial score (nSPS) is 20.0. The highest BCUT2D eigenvalue weighted by Gasteiger charge is 2.44. The number of ether oxygens (including phenoxy) is 4.